The Bertz CT molecular complexity index is 592. The fourth-order valence-electron chi connectivity index (χ4n) is 1.65. The molecule has 2 aromatic rings. The molecule has 0 unspecified atom stereocenters. The van der Waals surface area contributed by atoms with Gasteiger partial charge in [0.1, 0.15) is 12.2 Å². The second-order valence-electron chi connectivity index (χ2n) is 4.22. The van der Waals surface area contributed by atoms with Crippen LogP contribution in [0.25, 0.3) is 0 Å². The minimum atomic E-state index is -1.01. The van der Waals surface area contributed by atoms with Gasteiger partial charge in [0.25, 0.3) is 5.89 Å². The largest absolute Gasteiger partial charge is 0.484 e. The van der Waals surface area contributed by atoms with Gasteiger partial charge in [0, 0.05) is 0 Å². The van der Waals surface area contributed by atoms with Crippen LogP contribution in [-0.4, -0.2) is 21.3 Å². The van der Waals surface area contributed by atoms with E-state index >= 15 is 0 Å². The van der Waals surface area contributed by atoms with Crippen LogP contribution < -0.4 is 4.74 Å². The maximum atomic E-state index is 10.5. The highest BCUT2D eigenvalue weighted by atomic mass is 16.5. The summed E-state index contributed by atoms with van der Waals surface area (Å²) in [6.07, 6.45) is -0.281. The number of rotatable bonds is 5. The number of carbonyl (C=O) groups is 1. The van der Waals surface area contributed by atoms with Gasteiger partial charge in [-0.2, -0.15) is 0 Å². The molecule has 0 radical (unpaired) electrons. The summed E-state index contributed by atoms with van der Waals surface area (Å²) in [6.45, 7) is 4.08. The molecule has 0 aliphatic heterocycles. The fourth-order valence-corrected chi connectivity index (χ4v) is 1.65. The lowest BCUT2D eigenvalue weighted by Crippen LogP contribution is -1.99. The van der Waals surface area contributed by atoms with Crippen molar-refractivity contribution in [1.29, 1.82) is 0 Å². The van der Waals surface area contributed by atoms with Crippen LogP contribution in [0.5, 0.6) is 5.75 Å². The predicted octanol–water partition coefficient (Wildman–Crippen LogP) is 1.89. The van der Waals surface area contributed by atoms with Crippen LogP contribution in [0.3, 0.4) is 0 Å². The van der Waals surface area contributed by atoms with Gasteiger partial charge in [-0.15, -0.1) is 10.2 Å². The Morgan fingerprint density at radius 3 is 2.74 bits per heavy atom. The Morgan fingerprint density at radius 1 is 1.32 bits per heavy atom. The van der Waals surface area contributed by atoms with Crippen molar-refractivity contribution in [3.05, 3.63) is 41.1 Å². The number of hydrogen-bond donors (Lipinski definition) is 1. The quantitative estimate of drug-likeness (QED) is 0.885. The van der Waals surface area contributed by atoms with E-state index in [1.54, 1.807) is 0 Å². The molecule has 2 rings (SSSR count). The van der Waals surface area contributed by atoms with E-state index in [9.17, 15) is 4.79 Å². The summed E-state index contributed by atoms with van der Waals surface area (Å²) in [5.41, 5.74) is 2.18. The van der Waals surface area contributed by atoms with E-state index in [2.05, 4.69) is 10.2 Å². The van der Waals surface area contributed by atoms with Crippen molar-refractivity contribution in [1.82, 2.24) is 10.2 Å². The summed E-state index contributed by atoms with van der Waals surface area (Å²) < 4.78 is 10.7. The molecule has 100 valence electrons. The third-order valence-electron chi connectivity index (χ3n) is 2.49. The Hall–Kier alpha value is -2.37. The van der Waals surface area contributed by atoms with Crippen LogP contribution in [-0.2, 0) is 17.8 Å². The number of aromatic nitrogens is 2. The van der Waals surface area contributed by atoms with Gasteiger partial charge in [-0.3, -0.25) is 4.79 Å². The van der Waals surface area contributed by atoms with Crippen molar-refractivity contribution in [3.8, 4) is 5.75 Å². The zero-order chi connectivity index (χ0) is 13.8. The molecule has 1 aromatic heterocycles. The SMILES string of the molecule is Cc1ccc(OCc2nnc(CC(=O)O)o2)c(C)c1. The fraction of sp³-hybridized carbons (Fsp3) is 0.308. The first-order chi connectivity index (χ1) is 9.04. The molecule has 6 nitrogen and oxygen atoms in total. The normalized spacial score (nSPS) is 10.4. The number of carboxylic acid groups (broad SMARTS) is 1. The molecule has 0 spiro atoms. The Labute approximate surface area is 110 Å². The maximum Gasteiger partial charge on any atom is 0.312 e. The number of ether oxygens (including phenoxy) is 1. The third kappa shape index (κ3) is 3.54. The lowest BCUT2D eigenvalue weighted by atomic mass is 10.1. The van der Waals surface area contributed by atoms with E-state index in [-0.39, 0.29) is 24.8 Å². The van der Waals surface area contributed by atoms with Crippen molar-refractivity contribution in [2.45, 2.75) is 26.9 Å². The first-order valence-corrected chi connectivity index (χ1v) is 5.77. The van der Waals surface area contributed by atoms with Crippen molar-refractivity contribution >= 4 is 5.97 Å². The lowest BCUT2D eigenvalue weighted by Gasteiger charge is -2.07. The predicted molar refractivity (Wildman–Crippen MR) is 65.9 cm³/mol. The highest BCUT2D eigenvalue weighted by Crippen LogP contribution is 2.19. The van der Waals surface area contributed by atoms with Gasteiger partial charge in [0.2, 0.25) is 5.89 Å². The van der Waals surface area contributed by atoms with E-state index in [0.717, 1.165) is 16.9 Å². The summed E-state index contributed by atoms with van der Waals surface area (Å²) in [5.74, 6) is 0.0667. The molecule has 0 aliphatic rings. The summed E-state index contributed by atoms with van der Waals surface area (Å²) >= 11 is 0. The molecular weight excluding hydrogens is 248 g/mol. The van der Waals surface area contributed by atoms with Crippen LogP contribution in [0.2, 0.25) is 0 Å². The van der Waals surface area contributed by atoms with E-state index in [0.29, 0.717) is 0 Å². The van der Waals surface area contributed by atoms with Crippen LogP contribution in [0, 0.1) is 13.8 Å². The Kier molecular flexibility index (Phi) is 3.79. The molecule has 0 fully saturated rings. The zero-order valence-electron chi connectivity index (χ0n) is 10.7. The molecule has 0 atom stereocenters. The number of hydrogen-bond acceptors (Lipinski definition) is 5. The summed E-state index contributed by atoms with van der Waals surface area (Å²) in [7, 11) is 0. The molecule has 1 N–H and O–H groups in total. The minimum Gasteiger partial charge on any atom is -0.484 e. The Balaban J connectivity index is 1.98. The Morgan fingerprint density at radius 2 is 2.05 bits per heavy atom. The monoisotopic (exact) mass is 262 g/mol. The number of aryl methyl sites for hydroxylation is 2. The van der Waals surface area contributed by atoms with Crippen LogP contribution in [0.15, 0.2) is 22.6 Å². The molecule has 6 heteroatoms. The molecule has 0 bridgehead atoms. The lowest BCUT2D eigenvalue weighted by molar-refractivity contribution is -0.136. The maximum absolute atomic E-state index is 10.5. The second kappa shape index (κ2) is 5.51. The molecule has 0 saturated heterocycles. The average Bonchev–Trinajstić information content (AvgIpc) is 2.74. The van der Waals surface area contributed by atoms with Crippen molar-refractivity contribution in [2.75, 3.05) is 0 Å². The van der Waals surface area contributed by atoms with E-state index in [1.165, 1.54) is 0 Å². The molecule has 0 saturated carbocycles. The van der Waals surface area contributed by atoms with Crippen molar-refractivity contribution in [3.63, 3.8) is 0 Å². The van der Waals surface area contributed by atoms with Crippen LogP contribution in [0.1, 0.15) is 22.9 Å². The number of benzene rings is 1. The highest BCUT2D eigenvalue weighted by molar-refractivity contribution is 5.68. The molecule has 0 amide bonds. The standard InChI is InChI=1S/C13H14N2O4/c1-8-3-4-10(9(2)5-8)18-7-12-15-14-11(19-12)6-13(16)17/h3-5H,6-7H2,1-2H3,(H,16,17). The van der Waals surface area contributed by atoms with Gasteiger partial charge in [0.15, 0.2) is 6.61 Å². The zero-order valence-corrected chi connectivity index (χ0v) is 10.7. The van der Waals surface area contributed by atoms with Crippen LogP contribution in [0.4, 0.5) is 0 Å². The van der Waals surface area contributed by atoms with Gasteiger partial charge < -0.3 is 14.3 Å². The van der Waals surface area contributed by atoms with Crippen molar-refractivity contribution in [2.24, 2.45) is 0 Å². The summed E-state index contributed by atoms with van der Waals surface area (Å²) in [5, 5.41) is 15.9. The van der Waals surface area contributed by atoms with E-state index in [4.69, 9.17) is 14.3 Å². The van der Waals surface area contributed by atoms with Gasteiger partial charge in [-0.05, 0) is 25.5 Å². The molecule has 1 aromatic carbocycles. The minimum absolute atomic E-state index is 0.0757. The van der Waals surface area contributed by atoms with Gasteiger partial charge in [0.05, 0.1) is 0 Å². The smallest absolute Gasteiger partial charge is 0.312 e. The second-order valence-corrected chi connectivity index (χ2v) is 4.22. The van der Waals surface area contributed by atoms with E-state index < -0.39 is 5.97 Å². The van der Waals surface area contributed by atoms with Crippen LogP contribution >= 0.6 is 0 Å². The number of aliphatic carboxylic acids is 1. The molecule has 1 heterocycles. The first-order valence-electron chi connectivity index (χ1n) is 5.77. The first kappa shape index (κ1) is 13.1. The number of nitrogens with zero attached hydrogens (tertiary/aromatic N) is 2. The van der Waals surface area contributed by atoms with Gasteiger partial charge in [-0.25, -0.2) is 0 Å². The highest BCUT2D eigenvalue weighted by Gasteiger charge is 2.10. The van der Waals surface area contributed by atoms with Gasteiger partial charge >= 0.3 is 5.97 Å². The molecule has 19 heavy (non-hydrogen) atoms. The summed E-state index contributed by atoms with van der Waals surface area (Å²) in [6, 6.07) is 5.84. The molecule has 0 aliphatic carbocycles. The topological polar surface area (TPSA) is 85.5 Å². The summed E-state index contributed by atoms with van der Waals surface area (Å²) in [4.78, 5) is 10.5. The van der Waals surface area contributed by atoms with Gasteiger partial charge in [-0.1, -0.05) is 17.7 Å². The third-order valence-corrected chi connectivity index (χ3v) is 2.49. The number of carboxylic acids is 1. The molecular formula is C13H14N2O4. The van der Waals surface area contributed by atoms with Crippen molar-refractivity contribution < 1.29 is 19.1 Å². The average molecular weight is 262 g/mol. The van der Waals surface area contributed by atoms with E-state index in [1.807, 2.05) is 32.0 Å².